The van der Waals surface area contributed by atoms with Gasteiger partial charge in [0, 0.05) is 35.1 Å². The number of pyridine rings is 1. The number of carbonyl (C=O) groups excluding carboxylic acids is 1. The molecule has 3 heterocycles. The van der Waals surface area contributed by atoms with E-state index in [4.69, 9.17) is 11.6 Å². The number of amides is 1. The van der Waals surface area contributed by atoms with Gasteiger partial charge in [0.2, 0.25) is 0 Å². The van der Waals surface area contributed by atoms with Crippen molar-refractivity contribution in [3.05, 3.63) is 99.5 Å². The van der Waals surface area contributed by atoms with Crippen LogP contribution in [0.2, 0.25) is 5.02 Å². The Morgan fingerprint density at radius 1 is 1.16 bits per heavy atom. The molecule has 2 N–H and O–H groups in total. The SMILES string of the molecule is Cc1cc(C)c(O)c(-c2n[nH]c3c2[C@@H](c2ccc(Cl)cc2)N(Cc2cccnc2)C3=O)c1. The van der Waals surface area contributed by atoms with E-state index in [2.05, 4.69) is 15.2 Å². The van der Waals surface area contributed by atoms with Gasteiger partial charge < -0.3 is 10.0 Å². The number of carbonyl (C=O) groups is 1. The van der Waals surface area contributed by atoms with Gasteiger partial charge in [0.1, 0.15) is 17.1 Å². The number of aryl methyl sites for hydroxylation is 2. The number of halogens is 1. The Bertz CT molecular complexity index is 1320. The van der Waals surface area contributed by atoms with E-state index in [1.807, 2.05) is 62.4 Å². The van der Waals surface area contributed by atoms with Crippen molar-refractivity contribution >= 4 is 17.5 Å². The fraction of sp³-hybridized carbons (Fsp3) is 0.160. The summed E-state index contributed by atoms with van der Waals surface area (Å²) in [5, 5.41) is 18.8. The number of benzene rings is 2. The Kier molecular flexibility index (Phi) is 4.94. The van der Waals surface area contributed by atoms with Gasteiger partial charge in [-0.1, -0.05) is 35.9 Å². The van der Waals surface area contributed by atoms with Crippen molar-refractivity contribution in [2.75, 3.05) is 0 Å². The van der Waals surface area contributed by atoms with Crippen LogP contribution in [0.1, 0.15) is 44.3 Å². The minimum atomic E-state index is -0.385. The summed E-state index contributed by atoms with van der Waals surface area (Å²) in [5.74, 6) is 0.0179. The molecule has 2 aromatic carbocycles. The predicted octanol–water partition coefficient (Wildman–Crippen LogP) is 5.19. The molecule has 2 aromatic heterocycles. The van der Waals surface area contributed by atoms with Crippen molar-refractivity contribution in [3.8, 4) is 17.0 Å². The zero-order chi connectivity index (χ0) is 22.4. The fourth-order valence-electron chi connectivity index (χ4n) is 4.39. The molecule has 0 unspecified atom stereocenters. The first-order chi connectivity index (χ1) is 15.4. The molecule has 1 aliphatic rings. The minimum absolute atomic E-state index is 0.147. The van der Waals surface area contributed by atoms with Crippen molar-refractivity contribution in [1.29, 1.82) is 0 Å². The van der Waals surface area contributed by atoms with Gasteiger partial charge in [-0.25, -0.2) is 0 Å². The third-order valence-electron chi connectivity index (χ3n) is 5.83. The number of fused-ring (bicyclic) bond motifs is 1. The lowest BCUT2D eigenvalue weighted by Gasteiger charge is -2.26. The van der Waals surface area contributed by atoms with Gasteiger partial charge in [-0.3, -0.25) is 14.9 Å². The van der Waals surface area contributed by atoms with Crippen molar-refractivity contribution in [1.82, 2.24) is 20.1 Å². The predicted molar refractivity (Wildman–Crippen MR) is 123 cm³/mol. The molecular weight excluding hydrogens is 424 g/mol. The summed E-state index contributed by atoms with van der Waals surface area (Å²) in [5.41, 5.74) is 5.97. The summed E-state index contributed by atoms with van der Waals surface area (Å²) >= 11 is 6.13. The summed E-state index contributed by atoms with van der Waals surface area (Å²) in [6, 6.07) is 14.7. The molecule has 1 amide bonds. The molecule has 0 saturated carbocycles. The van der Waals surface area contributed by atoms with Crippen LogP contribution in [-0.4, -0.2) is 31.1 Å². The van der Waals surface area contributed by atoms with Crippen molar-refractivity contribution in [3.63, 3.8) is 0 Å². The summed E-state index contributed by atoms with van der Waals surface area (Å²) in [4.78, 5) is 19.4. The number of hydrogen-bond donors (Lipinski definition) is 2. The van der Waals surface area contributed by atoms with Crippen LogP contribution in [0.3, 0.4) is 0 Å². The molecule has 160 valence electrons. The molecule has 0 bridgehead atoms. The molecule has 0 saturated heterocycles. The quantitative estimate of drug-likeness (QED) is 0.453. The molecule has 32 heavy (non-hydrogen) atoms. The second kappa shape index (κ2) is 7.80. The number of phenolic OH excluding ortho intramolecular Hbond substituents is 1. The van der Waals surface area contributed by atoms with Gasteiger partial charge in [-0.2, -0.15) is 5.10 Å². The van der Waals surface area contributed by atoms with Crippen molar-refractivity contribution in [2.45, 2.75) is 26.4 Å². The van der Waals surface area contributed by atoms with Crippen LogP contribution in [-0.2, 0) is 6.54 Å². The Morgan fingerprint density at radius 3 is 2.66 bits per heavy atom. The Morgan fingerprint density at radius 2 is 1.94 bits per heavy atom. The van der Waals surface area contributed by atoms with Crippen molar-refractivity contribution in [2.24, 2.45) is 0 Å². The number of rotatable bonds is 4. The van der Waals surface area contributed by atoms with Gasteiger partial charge in [0.25, 0.3) is 5.91 Å². The molecule has 0 radical (unpaired) electrons. The van der Waals surface area contributed by atoms with Crippen LogP contribution in [0.25, 0.3) is 11.3 Å². The van der Waals surface area contributed by atoms with Crippen molar-refractivity contribution < 1.29 is 9.90 Å². The molecule has 4 aromatic rings. The summed E-state index contributed by atoms with van der Waals surface area (Å²) < 4.78 is 0. The lowest BCUT2D eigenvalue weighted by Crippen LogP contribution is -2.29. The van der Waals surface area contributed by atoms with Gasteiger partial charge in [0.05, 0.1) is 6.04 Å². The van der Waals surface area contributed by atoms with E-state index in [0.29, 0.717) is 28.5 Å². The second-order valence-electron chi connectivity index (χ2n) is 8.09. The van der Waals surface area contributed by atoms with Crippen LogP contribution >= 0.6 is 11.6 Å². The van der Waals surface area contributed by atoms with E-state index in [9.17, 15) is 9.90 Å². The van der Waals surface area contributed by atoms with Gasteiger partial charge in [-0.05, 0) is 60.4 Å². The summed E-state index contributed by atoms with van der Waals surface area (Å²) in [7, 11) is 0. The second-order valence-corrected chi connectivity index (χ2v) is 8.52. The monoisotopic (exact) mass is 444 g/mol. The number of nitrogens with zero attached hydrogens (tertiary/aromatic N) is 3. The molecule has 1 atom stereocenters. The first-order valence-corrected chi connectivity index (χ1v) is 10.7. The van der Waals surface area contributed by atoms with Crippen LogP contribution in [0.4, 0.5) is 0 Å². The van der Waals surface area contributed by atoms with Crippen LogP contribution in [0.15, 0.2) is 60.9 Å². The Hall–Kier alpha value is -3.64. The summed E-state index contributed by atoms with van der Waals surface area (Å²) in [6.07, 6.45) is 3.47. The average Bonchev–Trinajstić information content (AvgIpc) is 3.32. The third kappa shape index (κ3) is 3.33. The number of phenols is 1. The number of hydrogen-bond acceptors (Lipinski definition) is 4. The number of aromatic amines is 1. The van der Waals surface area contributed by atoms with Gasteiger partial charge in [-0.15, -0.1) is 0 Å². The lowest BCUT2D eigenvalue weighted by molar-refractivity contribution is 0.0730. The lowest BCUT2D eigenvalue weighted by atomic mass is 9.94. The van der Waals surface area contributed by atoms with Crippen LogP contribution < -0.4 is 0 Å². The highest BCUT2D eigenvalue weighted by atomic mass is 35.5. The summed E-state index contributed by atoms with van der Waals surface area (Å²) in [6.45, 7) is 4.22. The maximum absolute atomic E-state index is 13.5. The molecule has 5 rings (SSSR count). The van der Waals surface area contributed by atoms with E-state index in [0.717, 1.165) is 27.8 Å². The highest BCUT2D eigenvalue weighted by molar-refractivity contribution is 6.30. The number of aromatic nitrogens is 3. The largest absolute Gasteiger partial charge is 0.507 e. The third-order valence-corrected chi connectivity index (χ3v) is 6.08. The molecule has 0 aliphatic carbocycles. The van der Waals surface area contributed by atoms with Crippen LogP contribution in [0, 0.1) is 13.8 Å². The van der Waals surface area contributed by atoms with E-state index in [1.54, 1.807) is 17.3 Å². The highest BCUT2D eigenvalue weighted by Gasteiger charge is 2.42. The van der Waals surface area contributed by atoms with Gasteiger partial charge in [0.15, 0.2) is 0 Å². The molecule has 0 fully saturated rings. The fourth-order valence-corrected chi connectivity index (χ4v) is 4.51. The first-order valence-electron chi connectivity index (χ1n) is 10.3. The number of aromatic hydroxyl groups is 1. The normalized spacial score (nSPS) is 15.3. The highest BCUT2D eigenvalue weighted by Crippen LogP contribution is 2.45. The topological polar surface area (TPSA) is 82.1 Å². The molecule has 7 heteroatoms. The Balaban J connectivity index is 1.69. The van der Waals surface area contributed by atoms with E-state index in [-0.39, 0.29) is 17.7 Å². The molecular formula is C25H21ClN4O2. The number of H-pyrrole nitrogens is 1. The molecule has 6 nitrogen and oxygen atoms in total. The molecule has 1 aliphatic heterocycles. The zero-order valence-corrected chi connectivity index (χ0v) is 18.4. The smallest absolute Gasteiger partial charge is 0.273 e. The Labute approximate surface area is 190 Å². The van der Waals surface area contributed by atoms with Gasteiger partial charge >= 0.3 is 0 Å². The van der Waals surface area contributed by atoms with E-state index >= 15 is 0 Å². The maximum atomic E-state index is 13.5. The van der Waals surface area contributed by atoms with Crippen LogP contribution in [0.5, 0.6) is 5.75 Å². The van der Waals surface area contributed by atoms with E-state index < -0.39 is 0 Å². The zero-order valence-electron chi connectivity index (χ0n) is 17.6. The maximum Gasteiger partial charge on any atom is 0.273 e. The number of nitrogens with one attached hydrogen (secondary N) is 1. The standard InChI is InChI=1S/C25H21ClN4O2/c1-14-10-15(2)24(31)19(11-14)21-20-22(29-28-21)25(32)30(13-16-4-3-9-27-12-16)23(20)17-5-7-18(26)8-6-17/h3-12,23,31H,13H2,1-2H3,(H,28,29)/t23-/m1/s1. The minimum Gasteiger partial charge on any atom is -0.507 e. The van der Waals surface area contributed by atoms with E-state index in [1.165, 1.54) is 0 Å². The molecule has 0 spiro atoms. The first kappa shape index (κ1) is 20.3. The average molecular weight is 445 g/mol.